The van der Waals surface area contributed by atoms with Crippen molar-refractivity contribution in [2.45, 2.75) is 81.6 Å². The smallest absolute Gasteiger partial charge is 0.394 e. The molecule has 236 valence electrons. The van der Waals surface area contributed by atoms with Gasteiger partial charge in [0, 0.05) is 30.4 Å². The third-order valence-corrected chi connectivity index (χ3v) is 10.0. The molecule has 0 aromatic carbocycles. The van der Waals surface area contributed by atoms with E-state index in [-0.39, 0.29) is 48.4 Å². The second-order valence-electron chi connectivity index (χ2n) is 12.3. The lowest BCUT2D eigenvalue weighted by molar-refractivity contribution is -0.190. The van der Waals surface area contributed by atoms with Gasteiger partial charge in [0.05, 0.1) is 17.6 Å². The number of rotatable bonds is 5. The molecule has 2 N–H and O–H groups in total. The normalized spacial score (nSPS) is 22.2. The number of ether oxygens (including phenoxy) is 1. The van der Waals surface area contributed by atoms with Crippen molar-refractivity contribution >= 4 is 27.6 Å². The predicted octanol–water partition coefficient (Wildman–Crippen LogP) is 4.85. The zero-order chi connectivity index (χ0) is 31.3. The van der Waals surface area contributed by atoms with Crippen molar-refractivity contribution in [1.82, 2.24) is 24.5 Å². The van der Waals surface area contributed by atoms with Crippen LogP contribution in [0.5, 0.6) is 5.88 Å². The maximum absolute atomic E-state index is 13.6. The SMILES string of the molecule is CC1(C)CCC2CCCNc3cccc(n3)S(=O)(=O)NC(=O)c3ccc(-n4ccc(OCCC5(C(F)(F)F)CC5)n4)nc3N21. The summed E-state index contributed by atoms with van der Waals surface area (Å²) >= 11 is 0. The lowest BCUT2D eigenvalue weighted by Crippen LogP contribution is -2.45. The first kappa shape index (κ1) is 30.2. The van der Waals surface area contributed by atoms with Crippen molar-refractivity contribution in [3.63, 3.8) is 0 Å². The van der Waals surface area contributed by atoms with Crippen LogP contribution in [0.3, 0.4) is 0 Å². The molecule has 44 heavy (non-hydrogen) atoms. The van der Waals surface area contributed by atoms with E-state index < -0.39 is 33.1 Å². The number of sulfonamides is 1. The standard InChI is InChI=1S/C29H34F3N7O4S/c1-27(2)12-10-19-5-4-16-33-21-6-3-7-24(34-21)44(41,42)37-26(40)20-8-9-22(35-25(20)39(19)27)38-17-11-23(36-38)43-18-15-28(13-14-28)29(30,31)32/h3,6-9,11,17,19H,4-5,10,12-16,18H2,1-2H3,(H,33,34)(H,37,40). The van der Waals surface area contributed by atoms with E-state index in [1.54, 1.807) is 18.3 Å². The number of nitrogens with one attached hydrogen (secondary N) is 2. The predicted molar refractivity (Wildman–Crippen MR) is 155 cm³/mol. The third-order valence-electron chi connectivity index (χ3n) is 8.77. The molecule has 0 radical (unpaired) electrons. The molecule has 2 fully saturated rings. The Bertz CT molecular complexity index is 1670. The van der Waals surface area contributed by atoms with Crippen molar-refractivity contribution in [3.05, 3.63) is 48.2 Å². The van der Waals surface area contributed by atoms with Crippen molar-refractivity contribution in [2.75, 3.05) is 23.4 Å². The van der Waals surface area contributed by atoms with E-state index in [0.717, 1.165) is 25.7 Å². The summed E-state index contributed by atoms with van der Waals surface area (Å²) in [5, 5.41) is 7.24. The average Bonchev–Trinajstić information content (AvgIpc) is 3.51. The molecule has 15 heteroatoms. The second-order valence-corrected chi connectivity index (χ2v) is 13.9. The van der Waals surface area contributed by atoms with E-state index >= 15 is 0 Å². The molecule has 1 saturated heterocycles. The minimum Gasteiger partial charge on any atom is -0.477 e. The summed E-state index contributed by atoms with van der Waals surface area (Å²) in [5.74, 6) is 0.355. The van der Waals surface area contributed by atoms with Gasteiger partial charge in [0.1, 0.15) is 11.6 Å². The minimum atomic E-state index is -4.30. The number of aromatic nitrogens is 4. The van der Waals surface area contributed by atoms with Crippen LogP contribution in [0.2, 0.25) is 0 Å². The van der Waals surface area contributed by atoms with Gasteiger partial charge in [-0.15, -0.1) is 5.10 Å². The van der Waals surface area contributed by atoms with Crippen LogP contribution in [0.25, 0.3) is 5.82 Å². The first-order chi connectivity index (χ1) is 20.8. The molecule has 1 aliphatic carbocycles. The molecule has 0 spiro atoms. The molecule has 2 aliphatic heterocycles. The van der Waals surface area contributed by atoms with E-state index in [1.807, 2.05) is 0 Å². The molecular weight excluding hydrogens is 599 g/mol. The molecule has 3 aromatic rings. The van der Waals surface area contributed by atoms with Crippen LogP contribution in [0.4, 0.5) is 24.8 Å². The summed E-state index contributed by atoms with van der Waals surface area (Å²) in [6, 6.07) is 9.17. The molecule has 1 saturated carbocycles. The molecule has 11 nitrogen and oxygen atoms in total. The zero-order valence-electron chi connectivity index (χ0n) is 24.4. The van der Waals surface area contributed by atoms with Gasteiger partial charge in [0.25, 0.3) is 15.9 Å². The van der Waals surface area contributed by atoms with E-state index in [9.17, 15) is 26.4 Å². The fourth-order valence-electron chi connectivity index (χ4n) is 6.06. The quantitative estimate of drug-likeness (QED) is 0.405. The van der Waals surface area contributed by atoms with Crippen LogP contribution in [-0.2, 0) is 10.0 Å². The van der Waals surface area contributed by atoms with E-state index in [0.29, 0.717) is 24.0 Å². The van der Waals surface area contributed by atoms with Gasteiger partial charge in [-0.3, -0.25) is 4.79 Å². The molecule has 1 amide bonds. The zero-order valence-corrected chi connectivity index (χ0v) is 25.2. The van der Waals surface area contributed by atoms with Crippen LogP contribution in [-0.4, -0.2) is 65.0 Å². The lowest BCUT2D eigenvalue weighted by atomic mass is 10.0. The van der Waals surface area contributed by atoms with Crippen molar-refractivity contribution in [3.8, 4) is 11.7 Å². The van der Waals surface area contributed by atoms with E-state index in [4.69, 9.17) is 9.72 Å². The van der Waals surface area contributed by atoms with Crippen LogP contribution >= 0.6 is 0 Å². The number of carbonyl (C=O) groups excluding carboxylic acids is 1. The number of amides is 1. The van der Waals surface area contributed by atoms with Crippen LogP contribution in [0.1, 0.15) is 69.2 Å². The van der Waals surface area contributed by atoms with Gasteiger partial charge in [-0.25, -0.2) is 19.4 Å². The number of hydrogen-bond donors (Lipinski definition) is 2. The monoisotopic (exact) mass is 633 g/mol. The summed E-state index contributed by atoms with van der Waals surface area (Å²) in [7, 11) is -4.30. The van der Waals surface area contributed by atoms with Gasteiger partial charge >= 0.3 is 6.18 Å². The summed E-state index contributed by atoms with van der Waals surface area (Å²) < 4.78 is 75.3. The highest BCUT2D eigenvalue weighted by Crippen LogP contribution is 2.59. The van der Waals surface area contributed by atoms with Crippen LogP contribution in [0, 0.1) is 5.41 Å². The van der Waals surface area contributed by atoms with Crippen LogP contribution < -0.4 is 19.7 Å². The number of fused-ring (bicyclic) bond motifs is 5. The largest absolute Gasteiger partial charge is 0.477 e. The Morgan fingerprint density at radius 2 is 1.86 bits per heavy atom. The fourth-order valence-corrected chi connectivity index (χ4v) is 6.99. The number of hydrogen-bond acceptors (Lipinski definition) is 9. The Labute approximate surface area is 253 Å². The highest BCUT2D eigenvalue weighted by atomic mass is 32.2. The van der Waals surface area contributed by atoms with Gasteiger partial charge in [-0.05, 0) is 83.1 Å². The topological polar surface area (TPSA) is 131 Å². The van der Waals surface area contributed by atoms with Crippen LogP contribution in [0.15, 0.2) is 47.6 Å². The lowest BCUT2D eigenvalue weighted by Gasteiger charge is -2.38. The van der Waals surface area contributed by atoms with Gasteiger partial charge in [0.2, 0.25) is 5.88 Å². The Morgan fingerprint density at radius 1 is 1.07 bits per heavy atom. The fraction of sp³-hybridized carbons (Fsp3) is 0.517. The maximum atomic E-state index is 13.6. The first-order valence-electron chi connectivity index (χ1n) is 14.6. The molecule has 5 heterocycles. The first-order valence-corrected chi connectivity index (χ1v) is 16.1. The third kappa shape index (κ3) is 5.81. The minimum absolute atomic E-state index is 0.0276. The molecular formula is C29H34F3N7O4S. The summed E-state index contributed by atoms with van der Waals surface area (Å²) in [5.41, 5.74) is -1.98. The molecule has 6 rings (SSSR count). The molecule has 3 aromatic heterocycles. The number of nitrogens with zero attached hydrogens (tertiary/aromatic N) is 5. The summed E-state index contributed by atoms with van der Waals surface area (Å²) in [4.78, 5) is 24.7. The Morgan fingerprint density at radius 3 is 2.61 bits per heavy atom. The highest BCUT2D eigenvalue weighted by molar-refractivity contribution is 7.90. The van der Waals surface area contributed by atoms with Gasteiger partial charge in [-0.2, -0.15) is 21.6 Å². The number of alkyl halides is 3. The number of pyridine rings is 2. The summed E-state index contributed by atoms with van der Waals surface area (Å²) in [6.07, 6.45) is 0.643. The average molecular weight is 634 g/mol. The van der Waals surface area contributed by atoms with Crippen molar-refractivity contribution in [1.29, 1.82) is 0 Å². The highest BCUT2D eigenvalue weighted by Gasteiger charge is 2.62. The molecule has 3 aliphatic rings. The number of halogens is 3. The Hall–Kier alpha value is -3.88. The maximum Gasteiger partial charge on any atom is 0.394 e. The Balaban J connectivity index is 1.32. The molecule has 1 unspecified atom stereocenters. The molecule has 2 bridgehead atoms. The van der Waals surface area contributed by atoms with E-state index in [2.05, 4.69) is 38.9 Å². The number of anilines is 2. The number of carbonyl (C=O) groups is 1. The van der Waals surface area contributed by atoms with Gasteiger partial charge in [-0.1, -0.05) is 6.07 Å². The van der Waals surface area contributed by atoms with Gasteiger partial charge in [0.15, 0.2) is 10.8 Å². The second kappa shape index (κ2) is 10.9. The van der Waals surface area contributed by atoms with Gasteiger partial charge < -0.3 is 15.0 Å². The summed E-state index contributed by atoms with van der Waals surface area (Å²) in [6.45, 7) is 4.57. The Kier molecular flexibility index (Phi) is 7.49. The van der Waals surface area contributed by atoms with Crippen molar-refractivity contribution in [2.24, 2.45) is 5.41 Å². The van der Waals surface area contributed by atoms with Crippen molar-refractivity contribution < 1.29 is 31.1 Å². The van der Waals surface area contributed by atoms with E-state index in [1.165, 1.54) is 28.9 Å². The molecule has 1 atom stereocenters.